The number of aromatic nitrogens is 5. The van der Waals surface area contributed by atoms with Crippen molar-refractivity contribution in [2.75, 3.05) is 0 Å². The Hall–Kier alpha value is -3.22. The van der Waals surface area contributed by atoms with Gasteiger partial charge in [-0.3, -0.25) is 4.79 Å². The molecule has 3 aromatic heterocycles. The van der Waals surface area contributed by atoms with Gasteiger partial charge in [0.1, 0.15) is 0 Å². The lowest BCUT2D eigenvalue weighted by Crippen LogP contribution is -2.21. The zero-order chi connectivity index (χ0) is 20.0. The Morgan fingerprint density at radius 3 is 2.31 bits per heavy atom. The van der Waals surface area contributed by atoms with Crippen molar-refractivity contribution in [1.82, 2.24) is 24.1 Å². The zero-order valence-electron chi connectivity index (χ0n) is 15.0. The molecule has 142 valence electrons. The Balaban J connectivity index is 1.60. The van der Waals surface area contributed by atoms with Crippen LogP contribution in [0.1, 0.15) is 5.56 Å². The van der Waals surface area contributed by atoms with E-state index < -0.39 is 0 Å². The van der Waals surface area contributed by atoms with Gasteiger partial charge in [-0.2, -0.15) is 9.50 Å². The smallest absolute Gasteiger partial charge is 0.261 e. The van der Waals surface area contributed by atoms with Crippen LogP contribution in [0.2, 0.25) is 10.0 Å². The SMILES string of the molecule is O=c1c2cnc3nc(-c4ccc(Cl)cc4)nn3c2ccn1Cc1ccc(Cl)cc1. The van der Waals surface area contributed by atoms with E-state index in [0.29, 0.717) is 39.1 Å². The second-order valence-corrected chi connectivity index (χ2v) is 7.46. The Labute approximate surface area is 175 Å². The van der Waals surface area contributed by atoms with E-state index in [1.165, 1.54) is 0 Å². The van der Waals surface area contributed by atoms with Gasteiger partial charge < -0.3 is 4.57 Å². The fourth-order valence-electron chi connectivity index (χ4n) is 3.19. The van der Waals surface area contributed by atoms with Gasteiger partial charge in [0.15, 0.2) is 5.82 Å². The highest BCUT2D eigenvalue weighted by molar-refractivity contribution is 6.30. The lowest BCUT2D eigenvalue weighted by Gasteiger charge is -2.08. The number of nitrogens with zero attached hydrogens (tertiary/aromatic N) is 5. The normalized spacial score (nSPS) is 11.4. The number of hydrogen-bond donors (Lipinski definition) is 0. The third kappa shape index (κ3) is 3.26. The molecule has 0 bridgehead atoms. The molecule has 5 rings (SSSR count). The Morgan fingerprint density at radius 1 is 0.897 bits per heavy atom. The van der Waals surface area contributed by atoms with E-state index >= 15 is 0 Å². The first kappa shape index (κ1) is 17.8. The molecule has 3 heterocycles. The third-order valence-corrected chi connectivity index (χ3v) is 5.18. The fraction of sp³-hybridized carbons (Fsp3) is 0.0476. The van der Waals surface area contributed by atoms with Crippen molar-refractivity contribution < 1.29 is 0 Å². The largest absolute Gasteiger partial charge is 0.310 e. The van der Waals surface area contributed by atoms with Crippen molar-refractivity contribution in [3.8, 4) is 11.4 Å². The second kappa shape index (κ2) is 6.99. The molecule has 0 aliphatic carbocycles. The molecule has 8 heteroatoms. The molecular formula is C21H13Cl2N5O. The Kier molecular flexibility index (Phi) is 4.30. The molecule has 0 saturated carbocycles. The summed E-state index contributed by atoms with van der Waals surface area (Å²) >= 11 is 11.9. The number of rotatable bonds is 3. The predicted molar refractivity (Wildman–Crippen MR) is 114 cm³/mol. The quantitative estimate of drug-likeness (QED) is 0.431. The first-order valence-electron chi connectivity index (χ1n) is 8.84. The molecule has 0 atom stereocenters. The average molecular weight is 422 g/mol. The number of fused-ring (bicyclic) bond motifs is 3. The maximum absolute atomic E-state index is 13.0. The number of hydrogen-bond acceptors (Lipinski definition) is 4. The Morgan fingerprint density at radius 2 is 1.59 bits per heavy atom. The molecule has 0 radical (unpaired) electrons. The van der Waals surface area contributed by atoms with Gasteiger partial charge >= 0.3 is 0 Å². The molecule has 6 nitrogen and oxygen atoms in total. The van der Waals surface area contributed by atoms with E-state index in [2.05, 4.69) is 15.1 Å². The van der Waals surface area contributed by atoms with Gasteiger partial charge in [-0.1, -0.05) is 35.3 Å². The van der Waals surface area contributed by atoms with Crippen LogP contribution in [-0.4, -0.2) is 24.1 Å². The topological polar surface area (TPSA) is 65.1 Å². The number of halogens is 2. The molecule has 0 aliphatic rings. The molecule has 0 spiro atoms. The minimum absolute atomic E-state index is 0.143. The van der Waals surface area contributed by atoms with Crippen LogP contribution in [0, 0.1) is 0 Å². The highest BCUT2D eigenvalue weighted by Crippen LogP contribution is 2.20. The summed E-state index contributed by atoms with van der Waals surface area (Å²) in [5, 5.41) is 6.32. The first-order valence-corrected chi connectivity index (χ1v) is 9.59. The summed E-state index contributed by atoms with van der Waals surface area (Å²) in [7, 11) is 0. The lowest BCUT2D eigenvalue weighted by molar-refractivity contribution is 0.765. The molecule has 0 amide bonds. The van der Waals surface area contributed by atoms with E-state index in [1.54, 1.807) is 33.6 Å². The van der Waals surface area contributed by atoms with Crippen LogP contribution < -0.4 is 5.56 Å². The molecule has 2 aromatic carbocycles. The van der Waals surface area contributed by atoms with E-state index in [4.69, 9.17) is 23.2 Å². The molecule has 0 N–H and O–H groups in total. The minimum Gasteiger partial charge on any atom is -0.310 e. The van der Waals surface area contributed by atoms with Gasteiger partial charge in [0.25, 0.3) is 11.3 Å². The molecule has 0 saturated heterocycles. The summed E-state index contributed by atoms with van der Waals surface area (Å²) < 4.78 is 3.23. The van der Waals surface area contributed by atoms with Gasteiger partial charge in [0.2, 0.25) is 0 Å². The van der Waals surface area contributed by atoms with Gasteiger partial charge in [0, 0.05) is 28.0 Å². The van der Waals surface area contributed by atoms with Crippen LogP contribution in [0.4, 0.5) is 0 Å². The van der Waals surface area contributed by atoms with Crippen LogP contribution in [0.15, 0.2) is 71.8 Å². The van der Waals surface area contributed by atoms with Gasteiger partial charge in [-0.25, -0.2) is 4.98 Å². The monoisotopic (exact) mass is 421 g/mol. The zero-order valence-corrected chi connectivity index (χ0v) is 16.5. The Bertz CT molecular complexity index is 1410. The van der Waals surface area contributed by atoms with E-state index in [-0.39, 0.29) is 5.56 Å². The van der Waals surface area contributed by atoms with Gasteiger partial charge in [-0.15, -0.1) is 5.10 Å². The van der Waals surface area contributed by atoms with Crippen molar-refractivity contribution in [1.29, 1.82) is 0 Å². The standard InChI is InChI=1S/C21H13Cl2N5O/c22-15-5-1-13(2-6-15)12-27-10-9-18-17(20(27)29)11-24-21-25-19(26-28(18)21)14-3-7-16(23)8-4-14/h1-11H,12H2. The summed E-state index contributed by atoms with van der Waals surface area (Å²) in [6.07, 6.45) is 3.30. The molecule has 0 unspecified atom stereocenters. The van der Waals surface area contributed by atoms with Crippen LogP contribution in [0.5, 0.6) is 0 Å². The minimum atomic E-state index is -0.143. The summed E-state index contributed by atoms with van der Waals surface area (Å²) in [5.41, 5.74) is 2.32. The lowest BCUT2D eigenvalue weighted by atomic mass is 10.2. The highest BCUT2D eigenvalue weighted by atomic mass is 35.5. The van der Waals surface area contributed by atoms with Crippen molar-refractivity contribution in [2.24, 2.45) is 0 Å². The molecule has 5 aromatic rings. The molecule has 0 aliphatic heterocycles. The van der Waals surface area contributed by atoms with E-state index in [9.17, 15) is 4.79 Å². The maximum Gasteiger partial charge on any atom is 0.261 e. The van der Waals surface area contributed by atoms with E-state index in [0.717, 1.165) is 11.1 Å². The number of benzene rings is 2. The number of pyridine rings is 1. The van der Waals surface area contributed by atoms with Crippen LogP contribution in [-0.2, 0) is 6.54 Å². The van der Waals surface area contributed by atoms with Crippen LogP contribution in [0.25, 0.3) is 28.1 Å². The van der Waals surface area contributed by atoms with E-state index in [1.807, 2.05) is 42.5 Å². The third-order valence-electron chi connectivity index (χ3n) is 4.68. The molecule has 29 heavy (non-hydrogen) atoms. The fourth-order valence-corrected chi connectivity index (χ4v) is 3.44. The summed E-state index contributed by atoms with van der Waals surface area (Å²) in [4.78, 5) is 21.8. The van der Waals surface area contributed by atoms with Gasteiger partial charge in [-0.05, 0) is 48.0 Å². The van der Waals surface area contributed by atoms with Crippen molar-refractivity contribution in [2.45, 2.75) is 6.54 Å². The second-order valence-electron chi connectivity index (χ2n) is 6.59. The van der Waals surface area contributed by atoms with Gasteiger partial charge in [0.05, 0.1) is 17.4 Å². The summed E-state index contributed by atoms with van der Waals surface area (Å²) in [6, 6.07) is 16.5. The predicted octanol–water partition coefficient (Wildman–Crippen LogP) is 4.46. The molecular weight excluding hydrogens is 409 g/mol. The highest BCUT2D eigenvalue weighted by Gasteiger charge is 2.13. The maximum atomic E-state index is 13.0. The van der Waals surface area contributed by atoms with Crippen molar-refractivity contribution in [3.63, 3.8) is 0 Å². The van der Waals surface area contributed by atoms with Crippen molar-refractivity contribution >= 4 is 39.9 Å². The first-order chi connectivity index (χ1) is 14.1. The molecule has 0 fully saturated rings. The van der Waals surface area contributed by atoms with Crippen LogP contribution >= 0.6 is 23.2 Å². The van der Waals surface area contributed by atoms with Crippen molar-refractivity contribution in [3.05, 3.63) is 93.0 Å². The summed E-state index contributed by atoms with van der Waals surface area (Å²) in [5.74, 6) is 0.948. The van der Waals surface area contributed by atoms with Crippen LogP contribution in [0.3, 0.4) is 0 Å². The average Bonchev–Trinajstić information content (AvgIpc) is 3.17. The summed E-state index contributed by atoms with van der Waals surface area (Å²) in [6.45, 7) is 0.442.